The van der Waals surface area contributed by atoms with Gasteiger partial charge in [-0.15, -0.1) is 0 Å². The molecular weight excluding hydrogens is 990 g/mol. The van der Waals surface area contributed by atoms with E-state index in [1.807, 2.05) is 0 Å². The first-order valence-corrected chi connectivity index (χ1v) is 31.3. The average Bonchev–Trinajstić information content (AvgIpc) is 1.37. The van der Waals surface area contributed by atoms with E-state index in [4.69, 9.17) is 0 Å². The summed E-state index contributed by atoms with van der Waals surface area (Å²) in [4.78, 5) is 8.43. The van der Waals surface area contributed by atoms with Crippen molar-refractivity contribution in [1.82, 2.24) is 0 Å². The molecule has 4 aliphatic carbocycles. The summed E-state index contributed by atoms with van der Waals surface area (Å²) in [6.07, 6.45) is 7.22. The molecule has 3 nitrogen and oxygen atoms in total. The topological polar surface area (TPSA) is 9.72 Å². The van der Waals surface area contributed by atoms with Crippen molar-refractivity contribution in [2.24, 2.45) is 0 Å². The predicted octanol–water partition coefficient (Wildman–Crippen LogP) is 18.4. The Bertz CT molecular complexity index is 4220. The summed E-state index contributed by atoms with van der Waals surface area (Å²) in [5, 5.41) is 0. The molecule has 0 saturated heterocycles. The Morgan fingerprint density at radius 3 is 1.76 bits per heavy atom. The fourth-order valence-electron chi connectivity index (χ4n) is 19.0. The maximum absolute atomic E-state index is 2.84. The van der Waals surface area contributed by atoms with Crippen LogP contribution in [0.1, 0.15) is 208 Å². The summed E-state index contributed by atoms with van der Waals surface area (Å²) >= 11 is 0. The number of anilines is 8. The van der Waals surface area contributed by atoms with Crippen molar-refractivity contribution >= 4 is 68.6 Å². The Hall–Kier alpha value is -6.78. The minimum Gasteiger partial charge on any atom is -0.334 e. The number of fused-ring (bicyclic) bond motifs is 16. The highest BCUT2D eigenvalue weighted by Gasteiger charge is 2.60. The first-order valence-electron chi connectivity index (χ1n) is 31.3. The van der Waals surface area contributed by atoms with Gasteiger partial charge in [0.05, 0.1) is 11.2 Å². The van der Waals surface area contributed by atoms with Gasteiger partial charge in [0.2, 0.25) is 0 Å². The van der Waals surface area contributed by atoms with Gasteiger partial charge in [0.25, 0.3) is 6.71 Å². The maximum atomic E-state index is 2.84. The zero-order chi connectivity index (χ0) is 57.1. The second-order valence-corrected chi connectivity index (χ2v) is 30.9. The Morgan fingerprint density at radius 2 is 1.05 bits per heavy atom. The largest absolute Gasteiger partial charge is 0.334 e. The summed E-state index contributed by atoms with van der Waals surface area (Å²) in [6.45, 7) is 39.7. The lowest BCUT2D eigenvalue weighted by atomic mass is 9.32. The molecule has 8 aromatic carbocycles. The molecule has 0 bridgehead atoms. The number of aryl methyl sites for hydroxylation is 2. The van der Waals surface area contributed by atoms with Crippen LogP contribution in [0.4, 0.5) is 45.5 Å². The zero-order valence-corrected chi connectivity index (χ0v) is 51.9. The normalized spacial score (nSPS) is 24.2. The lowest BCUT2D eigenvalue weighted by Gasteiger charge is -2.53. The summed E-state index contributed by atoms with van der Waals surface area (Å²) < 4.78 is 0. The monoisotopic (exact) mass is 1070 g/mol. The molecule has 3 unspecified atom stereocenters. The van der Waals surface area contributed by atoms with E-state index in [2.05, 4.69) is 259 Å². The summed E-state index contributed by atoms with van der Waals surface area (Å²) in [7, 11) is 0. The van der Waals surface area contributed by atoms with Gasteiger partial charge in [-0.3, -0.25) is 0 Å². The molecule has 3 atom stereocenters. The molecule has 4 heteroatoms. The second kappa shape index (κ2) is 15.7. The smallest absolute Gasteiger partial charge is 0.252 e. The highest BCUT2D eigenvalue weighted by molar-refractivity contribution is 7.00. The molecule has 0 spiro atoms. The van der Waals surface area contributed by atoms with Gasteiger partial charge in [0, 0.05) is 61.5 Å². The van der Waals surface area contributed by atoms with Crippen LogP contribution in [0.5, 0.6) is 0 Å². The van der Waals surface area contributed by atoms with Crippen LogP contribution in [0.3, 0.4) is 0 Å². The zero-order valence-electron chi connectivity index (χ0n) is 51.9. The molecular formula is C78H82BN3. The molecule has 0 amide bonds. The summed E-state index contributed by atoms with van der Waals surface area (Å²) in [5.74, 6) is 0. The standard InChI is InChI=1S/C78H82BN3/c1-45-38-54-55(73(8,9)37-36-72(54,6)7)43-63(45)80-65-44-57-56(74(10,11)52-27-19-20-28-53(52)75(57,12)13)42-60(65)79-59-32-31-48(82-61-33-30-47(71(3,4)5)40-58(61)76(14)34-21-22-35-77(76,82)15)41-64(59)81-62-29-23-25-50-49-24-17-18-26-51(49)78(16,68(50)62)67-46(2)39-66(80)69(79)70(67)81/h17-20,23-33,38-44H,21-22,34-37H2,1-16H3. The van der Waals surface area contributed by atoms with Crippen molar-refractivity contribution in [1.29, 1.82) is 0 Å². The second-order valence-electron chi connectivity index (χ2n) is 30.9. The highest BCUT2D eigenvalue weighted by atomic mass is 15.3. The van der Waals surface area contributed by atoms with Gasteiger partial charge >= 0.3 is 0 Å². The Labute approximate surface area is 490 Å². The Morgan fingerprint density at radius 1 is 0.427 bits per heavy atom. The van der Waals surface area contributed by atoms with Gasteiger partial charge in [-0.1, -0.05) is 187 Å². The van der Waals surface area contributed by atoms with E-state index >= 15 is 0 Å². The van der Waals surface area contributed by atoms with Crippen molar-refractivity contribution in [3.8, 4) is 11.1 Å². The van der Waals surface area contributed by atoms with E-state index in [0.717, 1.165) is 6.42 Å². The number of benzene rings is 8. The third-order valence-electron chi connectivity index (χ3n) is 23.9. The van der Waals surface area contributed by atoms with E-state index < -0.39 is 0 Å². The molecule has 412 valence electrons. The molecule has 0 aromatic heterocycles. The van der Waals surface area contributed by atoms with E-state index in [1.165, 1.54) is 177 Å². The van der Waals surface area contributed by atoms with Crippen molar-refractivity contribution in [3.63, 3.8) is 0 Å². The number of rotatable bonds is 2. The Kier molecular flexibility index (Phi) is 9.75. The lowest BCUT2D eigenvalue weighted by Crippen LogP contribution is -2.63. The number of hydrogen-bond donors (Lipinski definition) is 0. The third-order valence-corrected chi connectivity index (χ3v) is 23.9. The van der Waals surface area contributed by atoms with Gasteiger partial charge in [-0.2, -0.15) is 0 Å². The number of hydrogen-bond acceptors (Lipinski definition) is 3. The molecule has 1 saturated carbocycles. The quantitative estimate of drug-likeness (QED) is 0.160. The van der Waals surface area contributed by atoms with E-state index in [-0.39, 0.29) is 50.2 Å². The molecule has 8 aromatic rings. The van der Waals surface area contributed by atoms with Crippen molar-refractivity contribution in [2.75, 3.05) is 14.7 Å². The van der Waals surface area contributed by atoms with Gasteiger partial charge in [-0.25, -0.2) is 0 Å². The van der Waals surface area contributed by atoms with Crippen LogP contribution in [0.15, 0.2) is 133 Å². The van der Waals surface area contributed by atoms with Gasteiger partial charge in [-0.05, 0) is 212 Å². The molecule has 0 N–H and O–H groups in total. The molecule has 16 rings (SSSR count). The molecule has 82 heavy (non-hydrogen) atoms. The minimum atomic E-state index is -0.378. The fraction of sp³-hybridized carbons (Fsp3) is 0.385. The predicted molar refractivity (Wildman–Crippen MR) is 348 cm³/mol. The average molecular weight is 1070 g/mol. The van der Waals surface area contributed by atoms with Crippen molar-refractivity contribution < 1.29 is 0 Å². The number of nitrogens with zero attached hydrogens (tertiary/aromatic N) is 3. The first kappa shape index (κ1) is 50.9. The molecule has 4 aliphatic heterocycles. The molecule has 4 heterocycles. The van der Waals surface area contributed by atoms with Crippen LogP contribution in [0.2, 0.25) is 0 Å². The van der Waals surface area contributed by atoms with E-state index in [0.29, 0.717) is 0 Å². The van der Waals surface area contributed by atoms with Crippen LogP contribution in [0, 0.1) is 13.8 Å². The van der Waals surface area contributed by atoms with Gasteiger partial charge in [0.15, 0.2) is 0 Å². The third kappa shape index (κ3) is 6.00. The molecule has 1 fully saturated rings. The van der Waals surface area contributed by atoms with Crippen LogP contribution in [-0.2, 0) is 37.9 Å². The van der Waals surface area contributed by atoms with Gasteiger partial charge < -0.3 is 14.7 Å². The van der Waals surface area contributed by atoms with Crippen LogP contribution >= 0.6 is 0 Å². The van der Waals surface area contributed by atoms with Crippen molar-refractivity contribution in [2.45, 2.75) is 193 Å². The minimum absolute atomic E-state index is 0.00629. The van der Waals surface area contributed by atoms with Crippen LogP contribution in [-0.4, -0.2) is 12.3 Å². The molecule has 8 aliphatic rings. The Balaban J connectivity index is 1.04. The van der Waals surface area contributed by atoms with Crippen molar-refractivity contribution in [3.05, 3.63) is 206 Å². The van der Waals surface area contributed by atoms with E-state index in [9.17, 15) is 0 Å². The van der Waals surface area contributed by atoms with Crippen LogP contribution < -0.4 is 31.1 Å². The summed E-state index contributed by atoms with van der Waals surface area (Å²) in [6, 6.07) is 54.7. The van der Waals surface area contributed by atoms with E-state index in [1.54, 1.807) is 0 Å². The molecule has 0 radical (unpaired) electrons. The maximum Gasteiger partial charge on any atom is 0.252 e. The fourth-order valence-corrected chi connectivity index (χ4v) is 19.0. The summed E-state index contributed by atoms with van der Waals surface area (Å²) in [5.41, 5.74) is 35.6. The first-order chi connectivity index (χ1) is 38.7. The highest BCUT2D eigenvalue weighted by Crippen LogP contribution is 2.66. The van der Waals surface area contributed by atoms with Crippen LogP contribution in [0.25, 0.3) is 11.1 Å². The lowest BCUT2D eigenvalue weighted by molar-refractivity contribution is 0.195. The van der Waals surface area contributed by atoms with Gasteiger partial charge in [0.1, 0.15) is 0 Å². The SMILES string of the molecule is Cc1cc2c(cc1N1c3cc4c(cc3B3c5ccc(N6c7ccc(C(C)(C)C)cc7C7(C)CCCCC67C)cc5N5c6cccc7c6C(C)(c6ccccc6-7)c6c(C)cc1c3c65)C(C)(C)c1ccccc1C4(C)C)C(C)(C)CCC2(C)C.